The van der Waals surface area contributed by atoms with Gasteiger partial charge in [0, 0.05) is 12.2 Å². The molecular weight excluding hydrogens is 246 g/mol. The van der Waals surface area contributed by atoms with E-state index in [1.54, 1.807) is 4.68 Å². The Morgan fingerprint density at radius 3 is 2.74 bits per heavy atom. The quantitative estimate of drug-likeness (QED) is 0.883. The van der Waals surface area contributed by atoms with Gasteiger partial charge in [0.05, 0.1) is 5.69 Å². The van der Waals surface area contributed by atoms with Gasteiger partial charge in [0.2, 0.25) is 5.91 Å². The molecule has 0 unspecified atom stereocenters. The summed E-state index contributed by atoms with van der Waals surface area (Å²) in [5.41, 5.74) is 1.77. The number of amides is 1. The van der Waals surface area contributed by atoms with Gasteiger partial charge in [-0.3, -0.25) is 9.48 Å². The Kier molecular flexibility index (Phi) is 3.87. The van der Waals surface area contributed by atoms with Crippen LogP contribution in [-0.2, 0) is 16.1 Å². The summed E-state index contributed by atoms with van der Waals surface area (Å²) < 4.78 is 1.63. The molecule has 1 aromatic heterocycles. The number of aromatic nitrogens is 2. The standard InChI is InChI=1S/C13H19N3O3/c1-9-7-10(2)16(14-9)8-12(17)15-6-4-3-5-11(15)13(18)19/h7,11H,3-6,8H2,1-2H3,(H,18,19)/t11-/m1/s1. The zero-order valence-electron chi connectivity index (χ0n) is 11.3. The molecule has 1 saturated heterocycles. The molecule has 1 aliphatic rings. The first kappa shape index (κ1) is 13.6. The van der Waals surface area contributed by atoms with Gasteiger partial charge in [0.25, 0.3) is 0 Å². The Morgan fingerprint density at radius 2 is 2.16 bits per heavy atom. The fourth-order valence-electron chi connectivity index (χ4n) is 2.54. The van der Waals surface area contributed by atoms with Gasteiger partial charge in [-0.1, -0.05) is 0 Å². The predicted octanol–water partition coefficient (Wildman–Crippen LogP) is 0.966. The van der Waals surface area contributed by atoms with Crippen molar-refractivity contribution in [3.05, 3.63) is 17.5 Å². The Balaban J connectivity index is 2.09. The fraction of sp³-hybridized carbons (Fsp3) is 0.615. The first-order valence-electron chi connectivity index (χ1n) is 6.52. The van der Waals surface area contributed by atoms with Crippen LogP contribution in [0, 0.1) is 13.8 Å². The highest BCUT2D eigenvalue weighted by atomic mass is 16.4. The van der Waals surface area contributed by atoms with Crippen LogP contribution < -0.4 is 0 Å². The van der Waals surface area contributed by atoms with Gasteiger partial charge in [0.1, 0.15) is 12.6 Å². The largest absolute Gasteiger partial charge is 0.480 e. The van der Waals surface area contributed by atoms with Crippen LogP contribution in [-0.4, -0.2) is 44.3 Å². The Hall–Kier alpha value is -1.85. The Bertz CT molecular complexity index is 495. The van der Waals surface area contributed by atoms with Crippen LogP contribution in [0.25, 0.3) is 0 Å². The van der Waals surface area contributed by atoms with E-state index in [4.69, 9.17) is 5.11 Å². The smallest absolute Gasteiger partial charge is 0.326 e. The van der Waals surface area contributed by atoms with Crippen molar-refractivity contribution >= 4 is 11.9 Å². The van der Waals surface area contributed by atoms with Crippen molar-refractivity contribution < 1.29 is 14.7 Å². The average molecular weight is 265 g/mol. The maximum atomic E-state index is 12.2. The minimum atomic E-state index is -0.915. The van der Waals surface area contributed by atoms with Crippen LogP contribution in [0.1, 0.15) is 30.7 Å². The average Bonchev–Trinajstić information content (AvgIpc) is 2.67. The van der Waals surface area contributed by atoms with E-state index in [2.05, 4.69) is 5.10 Å². The minimum absolute atomic E-state index is 0.115. The van der Waals surface area contributed by atoms with Crippen molar-refractivity contribution in [3.8, 4) is 0 Å². The number of piperidine rings is 1. The molecule has 19 heavy (non-hydrogen) atoms. The molecule has 0 spiro atoms. The lowest BCUT2D eigenvalue weighted by Gasteiger charge is -2.33. The lowest BCUT2D eigenvalue weighted by atomic mass is 10.0. The van der Waals surface area contributed by atoms with E-state index in [1.165, 1.54) is 4.90 Å². The molecule has 0 bridgehead atoms. The SMILES string of the molecule is Cc1cc(C)n(CC(=O)N2CCCC[C@@H]2C(=O)O)n1. The third-order valence-electron chi connectivity index (χ3n) is 3.50. The van der Waals surface area contributed by atoms with Gasteiger partial charge < -0.3 is 10.0 Å². The summed E-state index contributed by atoms with van der Waals surface area (Å²) in [4.78, 5) is 24.9. The Labute approximate surface area is 112 Å². The molecule has 2 rings (SSSR count). The van der Waals surface area contributed by atoms with Gasteiger partial charge >= 0.3 is 5.97 Å². The monoisotopic (exact) mass is 265 g/mol. The second kappa shape index (κ2) is 5.42. The van der Waals surface area contributed by atoms with Gasteiger partial charge in [-0.2, -0.15) is 5.10 Å². The Morgan fingerprint density at radius 1 is 1.42 bits per heavy atom. The number of likely N-dealkylation sites (tertiary alicyclic amines) is 1. The first-order valence-corrected chi connectivity index (χ1v) is 6.52. The van der Waals surface area contributed by atoms with Crippen molar-refractivity contribution in [2.24, 2.45) is 0 Å². The highest BCUT2D eigenvalue weighted by Crippen LogP contribution is 2.18. The van der Waals surface area contributed by atoms with Crippen LogP contribution >= 0.6 is 0 Å². The predicted molar refractivity (Wildman–Crippen MR) is 68.7 cm³/mol. The van der Waals surface area contributed by atoms with Gasteiger partial charge in [-0.15, -0.1) is 0 Å². The molecule has 1 aromatic rings. The van der Waals surface area contributed by atoms with Crippen molar-refractivity contribution in [2.75, 3.05) is 6.54 Å². The third-order valence-corrected chi connectivity index (χ3v) is 3.50. The summed E-state index contributed by atoms with van der Waals surface area (Å²) in [5, 5.41) is 13.4. The maximum absolute atomic E-state index is 12.2. The lowest BCUT2D eigenvalue weighted by Crippen LogP contribution is -2.49. The molecule has 6 nitrogen and oxygen atoms in total. The minimum Gasteiger partial charge on any atom is -0.480 e. The highest BCUT2D eigenvalue weighted by molar-refractivity contribution is 5.83. The number of hydrogen-bond donors (Lipinski definition) is 1. The number of nitrogens with zero attached hydrogens (tertiary/aromatic N) is 3. The molecule has 1 aliphatic heterocycles. The molecule has 0 saturated carbocycles. The van der Waals surface area contributed by atoms with E-state index in [1.807, 2.05) is 19.9 Å². The van der Waals surface area contributed by atoms with Gasteiger partial charge in [0.15, 0.2) is 0 Å². The molecular formula is C13H19N3O3. The van der Waals surface area contributed by atoms with Gasteiger partial charge in [-0.25, -0.2) is 4.79 Å². The lowest BCUT2D eigenvalue weighted by molar-refractivity contribution is -0.152. The van der Waals surface area contributed by atoms with Crippen molar-refractivity contribution in [2.45, 2.75) is 45.7 Å². The summed E-state index contributed by atoms with van der Waals surface area (Å²) >= 11 is 0. The zero-order valence-corrected chi connectivity index (χ0v) is 11.3. The first-order chi connectivity index (χ1) is 8.99. The number of carbonyl (C=O) groups is 2. The number of aryl methyl sites for hydroxylation is 2. The van der Waals surface area contributed by atoms with E-state index in [0.717, 1.165) is 24.2 Å². The number of carbonyl (C=O) groups excluding carboxylic acids is 1. The second-order valence-corrected chi connectivity index (χ2v) is 5.02. The van der Waals surface area contributed by atoms with Crippen LogP contribution in [0.15, 0.2) is 6.07 Å². The summed E-state index contributed by atoms with van der Waals surface area (Å²) in [6, 6.07) is 1.22. The summed E-state index contributed by atoms with van der Waals surface area (Å²) in [5.74, 6) is -1.08. The summed E-state index contributed by atoms with van der Waals surface area (Å²) in [7, 11) is 0. The molecule has 1 fully saturated rings. The van der Waals surface area contributed by atoms with Crippen LogP contribution in [0.2, 0.25) is 0 Å². The molecule has 6 heteroatoms. The number of carboxylic acids is 1. The van der Waals surface area contributed by atoms with Crippen LogP contribution in [0.3, 0.4) is 0 Å². The topological polar surface area (TPSA) is 75.4 Å². The maximum Gasteiger partial charge on any atom is 0.326 e. The number of aliphatic carboxylic acids is 1. The summed E-state index contributed by atoms with van der Waals surface area (Å²) in [6.07, 6.45) is 2.27. The molecule has 0 aliphatic carbocycles. The highest BCUT2D eigenvalue weighted by Gasteiger charge is 2.31. The van der Waals surface area contributed by atoms with E-state index in [9.17, 15) is 9.59 Å². The molecule has 0 radical (unpaired) electrons. The molecule has 1 atom stereocenters. The molecule has 0 aromatic carbocycles. The van der Waals surface area contributed by atoms with Crippen molar-refractivity contribution in [1.82, 2.24) is 14.7 Å². The second-order valence-electron chi connectivity index (χ2n) is 5.02. The number of hydrogen-bond acceptors (Lipinski definition) is 3. The zero-order chi connectivity index (χ0) is 14.0. The molecule has 2 heterocycles. The van der Waals surface area contributed by atoms with E-state index in [-0.39, 0.29) is 12.5 Å². The molecule has 104 valence electrons. The number of rotatable bonds is 3. The number of carboxylic acid groups (broad SMARTS) is 1. The normalized spacial score (nSPS) is 19.5. The molecule has 1 N–H and O–H groups in total. The fourth-order valence-corrected chi connectivity index (χ4v) is 2.54. The summed E-state index contributed by atoms with van der Waals surface area (Å²) in [6.45, 7) is 4.39. The van der Waals surface area contributed by atoms with E-state index in [0.29, 0.717) is 13.0 Å². The van der Waals surface area contributed by atoms with Crippen molar-refractivity contribution in [1.29, 1.82) is 0 Å². The van der Waals surface area contributed by atoms with Crippen LogP contribution in [0.4, 0.5) is 0 Å². The third kappa shape index (κ3) is 2.94. The van der Waals surface area contributed by atoms with Gasteiger partial charge in [-0.05, 0) is 39.2 Å². The molecule has 1 amide bonds. The van der Waals surface area contributed by atoms with Crippen molar-refractivity contribution in [3.63, 3.8) is 0 Å². The van der Waals surface area contributed by atoms with E-state index >= 15 is 0 Å². The van der Waals surface area contributed by atoms with E-state index < -0.39 is 12.0 Å². The van der Waals surface area contributed by atoms with Crippen LogP contribution in [0.5, 0.6) is 0 Å².